The highest BCUT2D eigenvalue weighted by molar-refractivity contribution is 7.89. The third-order valence-electron chi connectivity index (χ3n) is 3.56. The molecule has 130 valence electrons. The van der Waals surface area contributed by atoms with Gasteiger partial charge in [0.2, 0.25) is 10.0 Å². The molecule has 0 bridgehead atoms. The van der Waals surface area contributed by atoms with Crippen LogP contribution in [0.2, 0.25) is 0 Å². The van der Waals surface area contributed by atoms with E-state index in [2.05, 4.69) is 10.0 Å². The smallest absolute Gasteiger partial charge is 0.251 e. The molecule has 24 heavy (non-hydrogen) atoms. The largest absolute Gasteiger partial charge is 0.469 e. The molecule has 2 rings (SSSR count). The number of amides is 1. The van der Waals surface area contributed by atoms with Gasteiger partial charge in [-0.3, -0.25) is 4.79 Å². The second-order valence-electron chi connectivity index (χ2n) is 5.64. The molecule has 2 aromatic rings. The summed E-state index contributed by atoms with van der Waals surface area (Å²) < 4.78 is 31.9. The summed E-state index contributed by atoms with van der Waals surface area (Å²) in [6.07, 6.45) is 2.15. The number of hydrogen-bond donors (Lipinski definition) is 2. The standard InChI is InChI=1S/C17H22N2O4S/c1-4-18-24(21,22)15-8-7-12(2)16(11-15)17(20)19-13(3)10-14-6-5-9-23-14/h5-9,11,13,18H,4,10H2,1-3H3,(H,19,20). The zero-order chi connectivity index (χ0) is 17.7. The first kappa shape index (κ1) is 18.2. The van der Waals surface area contributed by atoms with Crippen molar-refractivity contribution in [2.45, 2.75) is 38.1 Å². The van der Waals surface area contributed by atoms with E-state index in [1.807, 2.05) is 13.0 Å². The highest BCUT2D eigenvalue weighted by atomic mass is 32.2. The molecule has 7 heteroatoms. The summed E-state index contributed by atoms with van der Waals surface area (Å²) in [4.78, 5) is 12.6. The SMILES string of the molecule is CCNS(=O)(=O)c1ccc(C)c(C(=O)NC(C)Cc2ccco2)c1. The average Bonchev–Trinajstić information content (AvgIpc) is 2.99. The van der Waals surface area contributed by atoms with Crippen LogP contribution < -0.4 is 10.0 Å². The Morgan fingerprint density at radius 2 is 2.04 bits per heavy atom. The van der Waals surface area contributed by atoms with E-state index in [1.54, 1.807) is 32.2 Å². The van der Waals surface area contributed by atoms with Crippen LogP contribution in [0.4, 0.5) is 0 Å². The van der Waals surface area contributed by atoms with Crippen LogP contribution in [0, 0.1) is 6.92 Å². The predicted octanol–water partition coefficient (Wildman–Crippen LogP) is 2.25. The highest BCUT2D eigenvalue weighted by Crippen LogP contribution is 2.16. The fourth-order valence-electron chi connectivity index (χ4n) is 2.37. The van der Waals surface area contributed by atoms with Crippen molar-refractivity contribution < 1.29 is 17.6 Å². The van der Waals surface area contributed by atoms with E-state index >= 15 is 0 Å². The first-order valence-corrected chi connectivity index (χ1v) is 9.25. The van der Waals surface area contributed by atoms with Gasteiger partial charge in [-0.1, -0.05) is 13.0 Å². The van der Waals surface area contributed by atoms with Crippen LogP contribution in [-0.4, -0.2) is 26.9 Å². The Morgan fingerprint density at radius 1 is 1.29 bits per heavy atom. The van der Waals surface area contributed by atoms with Crippen molar-refractivity contribution in [3.05, 3.63) is 53.5 Å². The number of carbonyl (C=O) groups excluding carboxylic acids is 1. The summed E-state index contributed by atoms with van der Waals surface area (Å²) >= 11 is 0. The summed E-state index contributed by atoms with van der Waals surface area (Å²) in [6, 6.07) is 8.03. The van der Waals surface area contributed by atoms with Crippen LogP contribution in [0.25, 0.3) is 0 Å². The van der Waals surface area contributed by atoms with E-state index in [4.69, 9.17) is 4.42 Å². The fourth-order valence-corrected chi connectivity index (χ4v) is 3.44. The van der Waals surface area contributed by atoms with Crippen molar-refractivity contribution in [3.8, 4) is 0 Å². The highest BCUT2D eigenvalue weighted by Gasteiger charge is 2.18. The molecular weight excluding hydrogens is 328 g/mol. The van der Waals surface area contributed by atoms with Crippen LogP contribution in [0.15, 0.2) is 45.9 Å². The van der Waals surface area contributed by atoms with Crippen LogP contribution in [0.5, 0.6) is 0 Å². The zero-order valence-electron chi connectivity index (χ0n) is 14.0. The van der Waals surface area contributed by atoms with Crippen molar-refractivity contribution in [1.82, 2.24) is 10.0 Å². The Morgan fingerprint density at radius 3 is 2.67 bits per heavy atom. The minimum absolute atomic E-state index is 0.0822. The van der Waals surface area contributed by atoms with E-state index in [-0.39, 0.29) is 23.4 Å². The summed E-state index contributed by atoms with van der Waals surface area (Å²) in [5.74, 6) is 0.475. The molecule has 0 aliphatic heterocycles. The summed E-state index contributed by atoms with van der Waals surface area (Å²) in [5, 5.41) is 2.87. The van der Waals surface area contributed by atoms with Crippen LogP contribution in [0.1, 0.15) is 35.5 Å². The number of hydrogen-bond acceptors (Lipinski definition) is 4. The Hall–Kier alpha value is -2.12. The van der Waals surface area contributed by atoms with Gasteiger partial charge in [0, 0.05) is 24.6 Å². The lowest BCUT2D eigenvalue weighted by Crippen LogP contribution is -2.34. The van der Waals surface area contributed by atoms with Crippen LogP contribution in [0.3, 0.4) is 0 Å². The molecule has 1 atom stereocenters. The number of sulfonamides is 1. The molecule has 1 amide bonds. The van der Waals surface area contributed by atoms with E-state index in [0.717, 1.165) is 5.76 Å². The van der Waals surface area contributed by atoms with Gasteiger partial charge >= 0.3 is 0 Å². The molecule has 0 fully saturated rings. The Kier molecular flexibility index (Phi) is 5.80. The number of carbonyl (C=O) groups is 1. The van der Waals surface area contributed by atoms with Gasteiger partial charge in [0.1, 0.15) is 5.76 Å². The molecule has 0 aliphatic rings. The van der Waals surface area contributed by atoms with Gasteiger partial charge in [0.15, 0.2) is 0 Å². The van der Waals surface area contributed by atoms with Gasteiger partial charge in [-0.05, 0) is 43.7 Å². The topological polar surface area (TPSA) is 88.4 Å². The maximum Gasteiger partial charge on any atom is 0.251 e. The normalized spacial score (nSPS) is 12.8. The van der Waals surface area contributed by atoms with E-state index in [9.17, 15) is 13.2 Å². The minimum atomic E-state index is -3.60. The van der Waals surface area contributed by atoms with Gasteiger partial charge in [-0.2, -0.15) is 0 Å². The summed E-state index contributed by atoms with van der Waals surface area (Å²) in [5.41, 5.74) is 1.06. The van der Waals surface area contributed by atoms with E-state index in [0.29, 0.717) is 17.5 Å². The van der Waals surface area contributed by atoms with Crippen molar-refractivity contribution >= 4 is 15.9 Å². The van der Waals surface area contributed by atoms with Crippen molar-refractivity contribution in [2.75, 3.05) is 6.54 Å². The van der Waals surface area contributed by atoms with Gasteiger partial charge < -0.3 is 9.73 Å². The molecule has 2 N–H and O–H groups in total. The third-order valence-corrected chi connectivity index (χ3v) is 5.11. The second-order valence-corrected chi connectivity index (χ2v) is 7.40. The first-order valence-electron chi connectivity index (χ1n) is 7.77. The molecular formula is C17H22N2O4S. The number of benzene rings is 1. The fraction of sp³-hybridized carbons (Fsp3) is 0.353. The maximum atomic E-state index is 12.5. The third kappa shape index (κ3) is 4.46. The molecule has 0 aliphatic carbocycles. The molecule has 0 spiro atoms. The van der Waals surface area contributed by atoms with Crippen LogP contribution >= 0.6 is 0 Å². The monoisotopic (exact) mass is 350 g/mol. The maximum absolute atomic E-state index is 12.5. The second kappa shape index (κ2) is 7.63. The summed E-state index contributed by atoms with van der Waals surface area (Å²) in [6.45, 7) is 5.64. The summed E-state index contributed by atoms with van der Waals surface area (Å²) in [7, 11) is -3.60. The molecule has 1 unspecified atom stereocenters. The zero-order valence-corrected chi connectivity index (χ0v) is 14.8. The van der Waals surface area contributed by atoms with Gasteiger partial charge in [-0.25, -0.2) is 13.1 Å². The number of furan rings is 1. The number of nitrogens with one attached hydrogen (secondary N) is 2. The molecule has 0 saturated carbocycles. The Labute approximate surface area is 142 Å². The van der Waals surface area contributed by atoms with Crippen molar-refractivity contribution in [3.63, 3.8) is 0 Å². The molecule has 1 heterocycles. The van der Waals surface area contributed by atoms with Gasteiger partial charge in [0.05, 0.1) is 11.2 Å². The molecule has 6 nitrogen and oxygen atoms in total. The van der Waals surface area contributed by atoms with Crippen molar-refractivity contribution in [2.24, 2.45) is 0 Å². The Balaban J connectivity index is 2.16. The average molecular weight is 350 g/mol. The lowest BCUT2D eigenvalue weighted by Gasteiger charge is -2.15. The van der Waals surface area contributed by atoms with E-state index in [1.165, 1.54) is 12.1 Å². The lowest BCUT2D eigenvalue weighted by atomic mass is 10.1. The molecule has 1 aromatic carbocycles. The first-order chi connectivity index (χ1) is 11.3. The number of aryl methyl sites for hydroxylation is 1. The van der Waals surface area contributed by atoms with Crippen molar-refractivity contribution in [1.29, 1.82) is 0 Å². The van der Waals surface area contributed by atoms with Gasteiger partial charge in [0.25, 0.3) is 5.91 Å². The predicted molar refractivity (Wildman–Crippen MR) is 91.4 cm³/mol. The molecule has 1 aromatic heterocycles. The van der Waals surface area contributed by atoms with Gasteiger partial charge in [-0.15, -0.1) is 0 Å². The molecule has 0 radical (unpaired) electrons. The molecule has 0 saturated heterocycles. The van der Waals surface area contributed by atoms with Crippen LogP contribution in [-0.2, 0) is 16.4 Å². The number of rotatable bonds is 7. The Bertz CT molecular complexity index is 798. The van der Waals surface area contributed by atoms with E-state index < -0.39 is 10.0 Å². The quantitative estimate of drug-likeness (QED) is 0.801. The minimum Gasteiger partial charge on any atom is -0.469 e. The lowest BCUT2D eigenvalue weighted by molar-refractivity contribution is 0.0938.